The molecule has 4 nitrogen and oxygen atoms in total. The van der Waals surface area contributed by atoms with Crippen molar-refractivity contribution in [1.29, 1.82) is 0 Å². The highest BCUT2D eigenvalue weighted by molar-refractivity contribution is 5.95. The second kappa shape index (κ2) is 3.80. The van der Waals surface area contributed by atoms with Gasteiger partial charge in [0.15, 0.2) is 5.75 Å². The van der Waals surface area contributed by atoms with Crippen LogP contribution >= 0.6 is 0 Å². The van der Waals surface area contributed by atoms with Gasteiger partial charge >= 0.3 is 5.97 Å². The first kappa shape index (κ1) is 9.38. The third-order valence-corrected chi connectivity index (χ3v) is 1.60. The summed E-state index contributed by atoms with van der Waals surface area (Å²) >= 11 is 0. The van der Waals surface area contributed by atoms with Gasteiger partial charge in [-0.05, 0) is 12.1 Å². The maximum Gasteiger partial charge on any atom is 0.345 e. The van der Waals surface area contributed by atoms with Crippen LogP contribution in [-0.2, 0) is 9.84 Å². The van der Waals surface area contributed by atoms with Crippen molar-refractivity contribution in [1.82, 2.24) is 0 Å². The Kier molecular flexibility index (Phi) is 2.74. The maximum atomic E-state index is 11.2. The normalized spacial score (nSPS) is 9.38. The average Bonchev–Trinajstić information content (AvgIpc) is 2.16. The molecular formula is C9H9O4. The zero-order valence-electron chi connectivity index (χ0n) is 7.37. The first-order valence-corrected chi connectivity index (χ1v) is 3.63. The van der Waals surface area contributed by atoms with Gasteiger partial charge < -0.3 is 9.47 Å². The molecule has 0 unspecified atom stereocenters. The molecule has 13 heavy (non-hydrogen) atoms. The summed E-state index contributed by atoms with van der Waals surface area (Å²) in [5.41, 5.74) is -0.0625. The van der Waals surface area contributed by atoms with Crippen molar-refractivity contribution in [3.05, 3.63) is 23.8 Å². The van der Waals surface area contributed by atoms with Gasteiger partial charge in [0.25, 0.3) is 0 Å². The molecule has 0 bridgehead atoms. The van der Waals surface area contributed by atoms with Crippen LogP contribution < -0.4 is 4.74 Å². The van der Waals surface area contributed by atoms with Gasteiger partial charge in [-0.2, -0.15) is 0 Å². The third-order valence-electron chi connectivity index (χ3n) is 1.60. The Morgan fingerprint density at radius 3 is 2.54 bits per heavy atom. The van der Waals surface area contributed by atoms with E-state index >= 15 is 0 Å². The quantitative estimate of drug-likeness (QED) is 0.651. The predicted octanol–water partition coefficient (Wildman–Crippen LogP) is 1.63. The molecule has 0 aliphatic carbocycles. The van der Waals surface area contributed by atoms with Crippen LogP contribution in [0.2, 0.25) is 0 Å². The minimum Gasteiger partial charge on any atom is -0.496 e. The van der Waals surface area contributed by atoms with E-state index in [4.69, 9.17) is 4.74 Å². The Bertz CT molecular complexity index is 319. The summed E-state index contributed by atoms with van der Waals surface area (Å²) in [6, 6.07) is 4.34. The monoisotopic (exact) mass is 181 g/mol. The molecule has 0 fully saturated rings. The van der Waals surface area contributed by atoms with Gasteiger partial charge in [0.2, 0.25) is 0 Å². The highest BCUT2D eigenvalue weighted by Crippen LogP contribution is 2.28. The van der Waals surface area contributed by atoms with Gasteiger partial charge in [0.1, 0.15) is 11.3 Å². The van der Waals surface area contributed by atoms with Crippen molar-refractivity contribution in [3.63, 3.8) is 0 Å². The molecular weight excluding hydrogens is 172 g/mol. The number of carbonyl (C=O) groups is 1. The van der Waals surface area contributed by atoms with Gasteiger partial charge in [-0.15, -0.1) is 0 Å². The molecule has 0 heterocycles. The van der Waals surface area contributed by atoms with E-state index in [0.29, 0.717) is 0 Å². The van der Waals surface area contributed by atoms with E-state index in [0.717, 1.165) is 0 Å². The topological polar surface area (TPSA) is 55.4 Å². The van der Waals surface area contributed by atoms with Crippen LogP contribution in [0.3, 0.4) is 0 Å². The minimum atomic E-state index is -0.678. The molecule has 0 atom stereocenters. The Labute approximate surface area is 75.7 Å². The zero-order chi connectivity index (χ0) is 9.84. The number of benzene rings is 1. The molecule has 0 N–H and O–H groups in total. The van der Waals surface area contributed by atoms with Crippen LogP contribution in [0.5, 0.6) is 11.5 Å². The van der Waals surface area contributed by atoms with Crippen LogP contribution in [0.25, 0.3) is 0 Å². The van der Waals surface area contributed by atoms with Gasteiger partial charge in [-0.1, -0.05) is 6.07 Å². The second-order valence-electron chi connectivity index (χ2n) is 2.32. The standard InChI is InChI=1S/C9H9O4/c1-12-7-5-3-4-6(10)8(7)9(11)13-2/h3-5H,1-2H3. The van der Waals surface area contributed by atoms with Crippen molar-refractivity contribution in [3.8, 4) is 11.5 Å². The molecule has 4 heteroatoms. The zero-order valence-corrected chi connectivity index (χ0v) is 7.37. The van der Waals surface area contributed by atoms with Gasteiger partial charge in [0.05, 0.1) is 14.2 Å². The number of methoxy groups -OCH3 is 2. The number of carbonyl (C=O) groups excluding carboxylic acids is 1. The smallest absolute Gasteiger partial charge is 0.345 e. The van der Waals surface area contributed by atoms with Crippen LogP contribution in [-0.4, -0.2) is 20.2 Å². The third kappa shape index (κ3) is 1.72. The summed E-state index contributed by atoms with van der Waals surface area (Å²) in [5, 5.41) is 11.2. The largest absolute Gasteiger partial charge is 0.496 e. The van der Waals surface area contributed by atoms with E-state index in [1.807, 2.05) is 0 Å². The molecule has 1 radical (unpaired) electrons. The highest BCUT2D eigenvalue weighted by Gasteiger charge is 2.18. The number of hydrogen-bond acceptors (Lipinski definition) is 3. The SMILES string of the molecule is COC(=O)c1c([O])cccc1OC. The number of esters is 1. The summed E-state index contributed by atoms with van der Waals surface area (Å²) in [6.07, 6.45) is 0. The molecule has 0 amide bonds. The fourth-order valence-corrected chi connectivity index (χ4v) is 0.984. The molecule has 0 aliphatic rings. The molecule has 1 aromatic carbocycles. The second-order valence-corrected chi connectivity index (χ2v) is 2.32. The Hall–Kier alpha value is -1.71. The van der Waals surface area contributed by atoms with Gasteiger partial charge in [-0.25, -0.2) is 4.79 Å². The van der Waals surface area contributed by atoms with Crippen molar-refractivity contribution >= 4 is 5.97 Å². The fraction of sp³-hybridized carbons (Fsp3) is 0.222. The van der Waals surface area contributed by atoms with Gasteiger partial charge in [-0.3, -0.25) is 5.11 Å². The first-order chi connectivity index (χ1) is 6.20. The predicted molar refractivity (Wildman–Crippen MR) is 44.5 cm³/mol. The summed E-state index contributed by atoms with van der Waals surface area (Å²) in [7, 11) is 2.61. The average molecular weight is 181 g/mol. The van der Waals surface area contributed by atoms with Crippen molar-refractivity contribution in [2.75, 3.05) is 14.2 Å². The van der Waals surface area contributed by atoms with E-state index < -0.39 is 11.7 Å². The van der Waals surface area contributed by atoms with E-state index in [1.165, 1.54) is 32.4 Å². The van der Waals surface area contributed by atoms with Crippen LogP contribution in [0, 0.1) is 0 Å². The van der Waals surface area contributed by atoms with Crippen molar-refractivity contribution in [2.24, 2.45) is 0 Å². The summed E-state index contributed by atoms with van der Waals surface area (Å²) in [5.74, 6) is -0.840. The molecule has 1 rings (SSSR count). The molecule has 69 valence electrons. The molecule has 0 aromatic heterocycles. The Morgan fingerprint density at radius 2 is 2.00 bits per heavy atom. The van der Waals surface area contributed by atoms with Crippen LogP contribution in [0.1, 0.15) is 10.4 Å². The lowest BCUT2D eigenvalue weighted by Crippen LogP contribution is -2.03. The fourth-order valence-electron chi connectivity index (χ4n) is 0.984. The minimum absolute atomic E-state index is 0.0625. The highest BCUT2D eigenvalue weighted by atomic mass is 16.5. The molecule has 0 spiro atoms. The molecule has 0 saturated carbocycles. The number of rotatable bonds is 2. The molecule has 0 saturated heterocycles. The van der Waals surface area contributed by atoms with Crippen molar-refractivity contribution in [2.45, 2.75) is 0 Å². The van der Waals surface area contributed by atoms with E-state index in [-0.39, 0.29) is 11.3 Å². The maximum absolute atomic E-state index is 11.2. The Morgan fingerprint density at radius 1 is 1.31 bits per heavy atom. The number of hydrogen-bond donors (Lipinski definition) is 0. The van der Waals surface area contributed by atoms with Crippen LogP contribution in [0.4, 0.5) is 0 Å². The van der Waals surface area contributed by atoms with Crippen molar-refractivity contribution < 1.29 is 19.4 Å². The van der Waals surface area contributed by atoms with E-state index in [2.05, 4.69) is 4.74 Å². The first-order valence-electron chi connectivity index (χ1n) is 3.63. The lowest BCUT2D eigenvalue weighted by atomic mass is 10.2. The lowest BCUT2D eigenvalue weighted by Gasteiger charge is -2.05. The summed E-state index contributed by atoms with van der Waals surface area (Å²) in [4.78, 5) is 11.1. The number of ether oxygens (including phenoxy) is 2. The lowest BCUT2D eigenvalue weighted by molar-refractivity contribution is 0.0591. The summed E-state index contributed by atoms with van der Waals surface area (Å²) < 4.78 is 9.29. The molecule has 0 aliphatic heterocycles. The van der Waals surface area contributed by atoms with Gasteiger partial charge in [0, 0.05) is 0 Å². The Balaban J connectivity index is 3.22. The summed E-state index contributed by atoms with van der Waals surface area (Å²) in [6.45, 7) is 0. The van der Waals surface area contributed by atoms with Crippen LogP contribution in [0.15, 0.2) is 18.2 Å². The molecule has 1 aromatic rings. The van der Waals surface area contributed by atoms with E-state index in [1.54, 1.807) is 0 Å². The van der Waals surface area contributed by atoms with E-state index in [9.17, 15) is 9.90 Å².